The monoisotopic (exact) mass is 286 g/mol. The standard InChI is InChI=1S/C18H22O3/c1-4-7-13(12-17(19)20)16-10-14(8-5-2)18(21)15(11-16)9-6-3/h4-6,10-11,13,21H,1-3,7-9,12H2,(H,19,20). The normalized spacial score (nSPS) is 11.6. The minimum atomic E-state index is -0.842. The summed E-state index contributed by atoms with van der Waals surface area (Å²) < 4.78 is 0. The van der Waals surface area contributed by atoms with Gasteiger partial charge in [-0.3, -0.25) is 4.79 Å². The Morgan fingerprint density at radius 1 is 1.10 bits per heavy atom. The maximum Gasteiger partial charge on any atom is 0.303 e. The molecular formula is C18H22O3. The summed E-state index contributed by atoms with van der Waals surface area (Å²) in [7, 11) is 0. The zero-order valence-electron chi connectivity index (χ0n) is 12.2. The summed E-state index contributed by atoms with van der Waals surface area (Å²) in [6.07, 6.45) is 6.86. The predicted octanol–water partition coefficient (Wildman–Crippen LogP) is 3.98. The second kappa shape index (κ2) is 8.10. The lowest BCUT2D eigenvalue weighted by atomic mass is 9.88. The number of aromatic hydroxyl groups is 1. The van der Waals surface area contributed by atoms with Crippen molar-refractivity contribution in [2.45, 2.75) is 31.6 Å². The van der Waals surface area contributed by atoms with Gasteiger partial charge in [-0.05, 0) is 41.9 Å². The van der Waals surface area contributed by atoms with E-state index in [4.69, 9.17) is 5.11 Å². The Bertz CT molecular complexity index is 512. The van der Waals surface area contributed by atoms with Gasteiger partial charge in [-0.25, -0.2) is 0 Å². The van der Waals surface area contributed by atoms with Crippen molar-refractivity contribution in [3.63, 3.8) is 0 Å². The lowest BCUT2D eigenvalue weighted by Crippen LogP contribution is -2.07. The van der Waals surface area contributed by atoms with Gasteiger partial charge in [-0.1, -0.05) is 30.4 Å². The maximum absolute atomic E-state index is 11.0. The third kappa shape index (κ3) is 4.63. The highest BCUT2D eigenvalue weighted by atomic mass is 16.4. The first-order valence-corrected chi connectivity index (χ1v) is 6.92. The summed E-state index contributed by atoms with van der Waals surface area (Å²) in [4.78, 5) is 11.0. The van der Waals surface area contributed by atoms with Gasteiger partial charge < -0.3 is 10.2 Å². The number of phenolic OH excluding ortho intramolecular Hbond substituents is 1. The molecule has 0 fully saturated rings. The van der Waals surface area contributed by atoms with Gasteiger partial charge in [0.05, 0.1) is 6.42 Å². The van der Waals surface area contributed by atoms with Crippen LogP contribution in [0.5, 0.6) is 5.75 Å². The van der Waals surface area contributed by atoms with E-state index < -0.39 is 5.97 Å². The molecule has 1 unspecified atom stereocenters. The summed E-state index contributed by atoms with van der Waals surface area (Å²) in [5, 5.41) is 19.3. The number of carbonyl (C=O) groups is 1. The number of rotatable bonds is 9. The predicted molar refractivity (Wildman–Crippen MR) is 85.7 cm³/mol. The molecule has 3 heteroatoms. The van der Waals surface area contributed by atoms with Crippen molar-refractivity contribution in [2.24, 2.45) is 0 Å². The summed E-state index contributed by atoms with van der Waals surface area (Å²) in [5.41, 5.74) is 2.43. The van der Waals surface area contributed by atoms with Crippen LogP contribution in [-0.2, 0) is 17.6 Å². The van der Waals surface area contributed by atoms with Gasteiger partial charge >= 0.3 is 5.97 Å². The quantitative estimate of drug-likeness (QED) is 0.675. The lowest BCUT2D eigenvalue weighted by molar-refractivity contribution is -0.137. The number of hydrogen-bond donors (Lipinski definition) is 2. The molecule has 0 aliphatic carbocycles. The van der Waals surface area contributed by atoms with E-state index >= 15 is 0 Å². The van der Waals surface area contributed by atoms with Crippen molar-refractivity contribution in [1.82, 2.24) is 0 Å². The van der Waals surface area contributed by atoms with Gasteiger partial charge in [0.25, 0.3) is 0 Å². The minimum absolute atomic E-state index is 0.0395. The molecule has 2 N–H and O–H groups in total. The number of carboxylic acids is 1. The molecule has 0 saturated heterocycles. The SMILES string of the molecule is C=CCc1cc(C(CC=C)CC(=O)O)cc(CC=C)c1O. The van der Waals surface area contributed by atoms with Crippen LogP contribution in [0.2, 0.25) is 0 Å². The average molecular weight is 286 g/mol. The van der Waals surface area contributed by atoms with E-state index in [1.54, 1.807) is 18.2 Å². The highest BCUT2D eigenvalue weighted by Crippen LogP contribution is 2.32. The van der Waals surface area contributed by atoms with Crippen LogP contribution < -0.4 is 0 Å². The first kappa shape index (κ1) is 16.8. The second-order valence-electron chi connectivity index (χ2n) is 4.99. The number of hydrogen-bond acceptors (Lipinski definition) is 2. The number of phenols is 1. The van der Waals surface area contributed by atoms with Gasteiger partial charge in [0.2, 0.25) is 0 Å². The topological polar surface area (TPSA) is 57.5 Å². The zero-order chi connectivity index (χ0) is 15.8. The molecule has 21 heavy (non-hydrogen) atoms. The number of allylic oxidation sites excluding steroid dienone is 3. The maximum atomic E-state index is 11.0. The molecule has 0 aliphatic rings. The van der Waals surface area contributed by atoms with Gasteiger partial charge in [0, 0.05) is 0 Å². The summed E-state index contributed by atoms with van der Waals surface area (Å²) in [6, 6.07) is 3.72. The fraction of sp³-hybridized carbons (Fsp3) is 0.278. The first-order valence-electron chi connectivity index (χ1n) is 6.92. The van der Waals surface area contributed by atoms with Crippen LogP contribution in [0.3, 0.4) is 0 Å². The highest BCUT2D eigenvalue weighted by Gasteiger charge is 2.17. The van der Waals surface area contributed by atoms with Crippen LogP contribution in [0.1, 0.15) is 35.4 Å². The van der Waals surface area contributed by atoms with Crippen molar-refractivity contribution in [1.29, 1.82) is 0 Å². The Hall–Kier alpha value is -2.29. The van der Waals surface area contributed by atoms with Gasteiger partial charge in [-0.15, -0.1) is 19.7 Å². The van der Waals surface area contributed by atoms with E-state index in [0.717, 1.165) is 16.7 Å². The van der Waals surface area contributed by atoms with E-state index in [-0.39, 0.29) is 18.1 Å². The van der Waals surface area contributed by atoms with Crippen molar-refractivity contribution in [3.8, 4) is 5.75 Å². The molecular weight excluding hydrogens is 264 g/mol. The van der Waals surface area contributed by atoms with Crippen LogP contribution in [0.15, 0.2) is 50.1 Å². The van der Waals surface area contributed by atoms with Crippen LogP contribution in [0.25, 0.3) is 0 Å². The lowest BCUT2D eigenvalue weighted by Gasteiger charge is -2.17. The van der Waals surface area contributed by atoms with E-state index in [2.05, 4.69) is 19.7 Å². The molecule has 1 atom stereocenters. The van der Waals surface area contributed by atoms with Crippen LogP contribution >= 0.6 is 0 Å². The van der Waals surface area contributed by atoms with Crippen LogP contribution in [0, 0.1) is 0 Å². The smallest absolute Gasteiger partial charge is 0.303 e. The zero-order valence-corrected chi connectivity index (χ0v) is 12.2. The van der Waals surface area contributed by atoms with Crippen LogP contribution in [0.4, 0.5) is 0 Å². The largest absolute Gasteiger partial charge is 0.507 e. The first-order chi connectivity index (χ1) is 10.0. The van der Waals surface area contributed by atoms with E-state index in [0.29, 0.717) is 19.3 Å². The van der Waals surface area contributed by atoms with E-state index in [1.165, 1.54) is 0 Å². The fourth-order valence-electron chi connectivity index (χ4n) is 2.39. The molecule has 0 bridgehead atoms. The highest BCUT2D eigenvalue weighted by molar-refractivity contribution is 5.68. The molecule has 1 aromatic rings. The van der Waals surface area contributed by atoms with Gasteiger partial charge in [0.1, 0.15) is 5.75 Å². The molecule has 3 nitrogen and oxygen atoms in total. The third-order valence-electron chi connectivity index (χ3n) is 3.36. The van der Waals surface area contributed by atoms with E-state index in [9.17, 15) is 9.90 Å². The third-order valence-corrected chi connectivity index (χ3v) is 3.36. The molecule has 0 aromatic heterocycles. The van der Waals surface area contributed by atoms with Crippen molar-refractivity contribution >= 4 is 5.97 Å². The summed E-state index contributed by atoms with van der Waals surface area (Å²) in [6.45, 7) is 11.1. The Morgan fingerprint density at radius 3 is 2.00 bits per heavy atom. The Balaban J connectivity index is 3.30. The average Bonchev–Trinajstić information content (AvgIpc) is 2.42. The fourth-order valence-corrected chi connectivity index (χ4v) is 2.39. The number of aliphatic carboxylic acids is 1. The Kier molecular flexibility index (Phi) is 6.47. The van der Waals surface area contributed by atoms with Gasteiger partial charge in [0.15, 0.2) is 0 Å². The minimum Gasteiger partial charge on any atom is -0.507 e. The molecule has 1 aromatic carbocycles. The van der Waals surface area contributed by atoms with Crippen molar-refractivity contribution in [2.75, 3.05) is 0 Å². The molecule has 0 saturated carbocycles. The van der Waals surface area contributed by atoms with Crippen LogP contribution in [-0.4, -0.2) is 16.2 Å². The Morgan fingerprint density at radius 2 is 1.62 bits per heavy atom. The molecule has 1 rings (SSSR count). The summed E-state index contributed by atoms with van der Waals surface area (Å²) in [5.74, 6) is -0.746. The second-order valence-corrected chi connectivity index (χ2v) is 4.99. The molecule has 0 radical (unpaired) electrons. The van der Waals surface area contributed by atoms with Gasteiger partial charge in [-0.2, -0.15) is 0 Å². The number of carboxylic acid groups (broad SMARTS) is 1. The number of benzene rings is 1. The Labute approximate surface area is 125 Å². The molecule has 0 aliphatic heterocycles. The van der Waals surface area contributed by atoms with Crippen molar-refractivity contribution in [3.05, 3.63) is 66.8 Å². The molecule has 0 spiro atoms. The molecule has 0 heterocycles. The van der Waals surface area contributed by atoms with Crippen molar-refractivity contribution < 1.29 is 15.0 Å². The van der Waals surface area contributed by atoms with E-state index in [1.807, 2.05) is 12.1 Å². The molecule has 112 valence electrons. The summed E-state index contributed by atoms with van der Waals surface area (Å²) >= 11 is 0. The molecule has 0 amide bonds.